The molecule has 0 saturated heterocycles. The SMILES string of the molecule is CCNC(=NCc1c(CC)noc1CC)NCc1nc(C)c(C)s1. The first kappa shape index (κ1) is 18.4. The molecule has 0 bridgehead atoms. The monoisotopic (exact) mass is 349 g/mol. The average Bonchev–Trinajstić information content (AvgIpc) is 3.12. The van der Waals surface area contributed by atoms with E-state index in [1.54, 1.807) is 11.3 Å². The van der Waals surface area contributed by atoms with Gasteiger partial charge < -0.3 is 15.2 Å². The first-order valence-corrected chi connectivity index (χ1v) is 9.31. The summed E-state index contributed by atoms with van der Waals surface area (Å²) in [4.78, 5) is 10.5. The van der Waals surface area contributed by atoms with Crippen molar-refractivity contribution in [1.82, 2.24) is 20.8 Å². The minimum Gasteiger partial charge on any atom is -0.361 e. The van der Waals surface area contributed by atoms with Crippen molar-refractivity contribution in [3.8, 4) is 0 Å². The van der Waals surface area contributed by atoms with Crippen molar-refractivity contribution in [2.24, 2.45) is 4.99 Å². The fourth-order valence-electron chi connectivity index (χ4n) is 2.39. The Labute approximate surface area is 147 Å². The lowest BCUT2D eigenvalue weighted by Crippen LogP contribution is -2.36. The van der Waals surface area contributed by atoms with Crippen LogP contribution in [-0.2, 0) is 25.9 Å². The van der Waals surface area contributed by atoms with Gasteiger partial charge in [0.15, 0.2) is 5.96 Å². The van der Waals surface area contributed by atoms with Crippen molar-refractivity contribution in [3.63, 3.8) is 0 Å². The molecule has 0 aliphatic carbocycles. The van der Waals surface area contributed by atoms with Crippen LogP contribution in [0.1, 0.15) is 53.4 Å². The van der Waals surface area contributed by atoms with Gasteiger partial charge in [-0.3, -0.25) is 0 Å². The minimum absolute atomic E-state index is 0.571. The third-order valence-corrected chi connectivity index (χ3v) is 4.90. The van der Waals surface area contributed by atoms with E-state index in [9.17, 15) is 0 Å². The second kappa shape index (κ2) is 8.82. The molecule has 0 unspecified atom stereocenters. The molecule has 2 rings (SSSR count). The molecule has 2 aromatic heterocycles. The second-order valence-corrected chi connectivity index (χ2v) is 6.82. The van der Waals surface area contributed by atoms with Gasteiger partial charge in [0.25, 0.3) is 0 Å². The summed E-state index contributed by atoms with van der Waals surface area (Å²) in [6.07, 6.45) is 1.69. The fourth-order valence-corrected chi connectivity index (χ4v) is 3.26. The lowest BCUT2D eigenvalue weighted by Gasteiger charge is -2.10. The largest absolute Gasteiger partial charge is 0.361 e. The van der Waals surface area contributed by atoms with E-state index in [0.717, 1.165) is 53.1 Å². The van der Waals surface area contributed by atoms with Crippen LogP contribution in [-0.4, -0.2) is 22.6 Å². The van der Waals surface area contributed by atoms with Crippen LogP contribution < -0.4 is 10.6 Å². The van der Waals surface area contributed by atoms with Crippen LogP contribution in [0.3, 0.4) is 0 Å². The van der Waals surface area contributed by atoms with Crippen LogP contribution in [0.25, 0.3) is 0 Å². The van der Waals surface area contributed by atoms with Crippen LogP contribution in [0.2, 0.25) is 0 Å². The van der Waals surface area contributed by atoms with Crippen molar-refractivity contribution >= 4 is 17.3 Å². The third-order valence-electron chi connectivity index (χ3n) is 3.83. The third kappa shape index (κ3) is 4.56. The average molecular weight is 350 g/mol. The molecule has 0 aliphatic rings. The Hall–Kier alpha value is -1.89. The van der Waals surface area contributed by atoms with Gasteiger partial charge in [0.05, 0.1) is 24.5 Å². The lowest BCUT2D eigenvalue weighted by molar-refractivity contribution is 0.380. The summed E-state index contributed by atoms with van der Waals surface area (Å²) in [5.74, 6) is 1.71. The lowest BCUT2D eigenvalue weighted by atomic mass is 10.1. The molecule has 0 atom stereocenters. The Kier molecular flexibility index (Phi) is 6.78. The summed E-state index contributed by atoms with van der Waals surface area (Å²) in [6, 6.07) is 0. The van der Waals surface area contributed by atoms with E-state index in [-0.39, 0.29) is 0 Å². The van der Waals surface area contributed by atoms with Crippen LogP contribution in [0.4, 0.5) is 0 Å². The number of thiazole rings is 1. The molecule has 0 aliphatic heterocycles. The topological polar surface area (TPSA) is 75.3 Å². The molecule has 2 aromatic rings. The highest BCUT2D eigenvalue weighted by Crippen LogP contribution is 2.17. The van der Waals surface area contributed by atoms with Crippen molar-refractivity contribution in [3.05, 3.63) is 32.6 Å². The standard InChI is InChI=1S/C17H27N5OS/c1-6-14-13(15(7-2)23-22-14)9-19-17(18-8-3)20-10-16-21-11(4)12(5)24-16/h6-10H2,1-5H3,(H2,18,19,20). The molecule has 2 heterocycles. The quantitative estimate of drug-likeness (QED) is 0.593. The number of hydrogen-bond donors (Lipinski definition) is 2. The molecule has 0 spiro atoms. The molecule has 0 fully saturated rings. The smallest absolute Gasteiger partial charge is 0.191 e. The highest BCUT2D eigenvalue weighted by molar-refractivity contribution is 7.11. The number of rotatable bonds is 7. The number of aliphatic imine (C=N–C) groups is 1. The number of hydrogen-bond acceptors (Lipinski definition) is 5. The Bertz CT molecular complexity index is 648. The first-order chi connectivity index (χ1) is 11.6. The molecule has 24 heavy (non-hydrogen) atoms. The van der Waals surface area contributed by atoms with E-state index in [0.29, 0.717) is 13.1 Å². The van der Waals surface area contributed by atoms with E-state index >= 15 is 0 Å². The summed E-state index contributed by atoms with van der Waals surface area (Å²) in [5, 5.41) is 11.8. The van der Waals surface area contributed by atoms with Gasteiger partial charge in [-0.25, -0.2) is 9.98 Å². The number of aromatic nitrogens is 2. The number of aryl methyl sites for hydroxylation is 4. The molecule has 0 amide bonds. The summed E-state index contributed by atoms with van der Waals surface area (Å²) in [5.41, 5.74) is 3.21. The van der Waals surface area contributed by atoms with Crippen molar-refractivity contribution in [2.75, 3.05) is 6.54 Å². The predicted octanol–water partition coefficient (Wildman–Crippen LogP) is 3.13. The van der Waals surface area contributed by atoms with Gasteiger partial charge in [-0.15, -0.1) is 11.3 Å². The van der Waals surface area contributed by atoms with Gasteiger partial charge in [0, 0.05) is 23.4 Å². The Morgan fingerprint density at radius 1 is 1.17 bits per heavy atom. The maximum Gasteiger partial charge on any atom is 0.191 e. The van der Waals surface area contributed by atoms with Crippen LogP contribution in [0, 0.1) is 13.8 Å². The maximum atomic E-state index is 5.40. The van der Waals surface area contributed by atoms with Gasteiger partial charge in [-0.2, -0.15) is 0 Å². The number of guanidine groups is 1. The van der Waals surface area contributed by atoms with E-state index in [4.69, 9.17) is 4.52 Å². The number of nitrogens with zero attached hydrogens (tertiary/aromatic N) is 3. The predicted molar refractivity (Wildman–Crippen MR) is 98.5 cm³/mol. The highest BCUT2D eigenvalue weighted by atomic mass is 32.1. The molecular formula is C17H27N5OS. The summed E-state index contributed by atoms with van der Waals surface area (Å²) in [6.45, 7) is 12.4. The molecule has 7 heteroatoms. The van der Waals surface area contributed by atoms with Gasteiger partial charge in [0.2, 0.25) is 0 Å². The van der Waals surface area contributed by atoms with Crippen molar-refractivity contribution in [2.45, 2.75) is 60.5 Å². The zero-order chi connectivity index (χ0) is 17.5. The first-order valence-electron chi connectivity index (χ1n) is 8.50. The van der Waals surface area contributed by atoms with Gasteiger partial charge in [0.1, 0.15) is 10.8 Å². The van der Waals surface area contributed by atoms with Gasteiger partial charge in [-0.05, 0) is 27.2 Å². The van der Waals surface area contributed by atoms with Crippen LogP contribution in [0.15, 0.2) is 9.52 Å². The molecule has 6 nitrogen and oxygen atoms in total. The highest BCUT2D eigenvalue weighted by Gasteiger charge is 2.13. The second-order valence-electron chi connectivity index (χ2n) is 5.54. The van der Waals surface area contributed by atoms with E-state index in [1.807, 2.05) is 6.92 Å². The normalized spacial score (nSPS) is 11.8. The minimum atomic E-state index is 0.571. The summed E-state index contributed by atoms with van der Waals surface area (Å²) >= 11 is 1.72. The Morgan fingerprint density at radius 3 is 2.54 bits per heavy atom. The van der Waals surface area contributed by atoms with E-state index < -0.39 is 0 Å². The number of nitrogens with one attached hydrogen (secondary N) is 2. The van der Waals surface area contributed by atoms with E-state index in [1.165, 1.54) is 4.88 Å². The molecule has 0 aromatic carbocycles. The Balaban J connectivity index is 2.06. The van der Waals surface area contributed by atoms with Gasteiger partial charge in [-0.1, -0.05) is 19.0 Å². The van der Waals surface area contributed by atoms with Crippen molar-refractivity contribution < 1.29 is 4.52 Å². The molecule has 132 valence electrons. The molecular weight excluding hydrogens is 322 g/mol. The van der Waals surface area contributed by atoms with Crippen LogP contribution >= 0.6 is 11.3 Å². The summed E-state index contributed by atoms with van der Waals surface area (Å²) in [7, 11) is 0. The molecule has 0 radical (unpaired) electrons. The Morgan fingerprint density at radius 2 is 1.96 bits per heavy atom. The van der Waals surface area contributed by atoms with E-state index in [2.05, 4.69) is 53.5 Å². The molecule has 2 N–H and O–H groups in total. The maximum absolute atomic E-state index is 5.40. The molecule has 0 saturated carbocycles. The summed E-state index contributed by atoms with van der Waals surface area (Å²) < 4.78 is 5.40. The van der Waals surface area contributed by atoms with Crippen molar-refractivity contribution in [1.29, 1.82) is 0 Å². The zero-order valence-electron chi connectivity index (χ0n) is 15.2. The van der Waals surface area contributed by atoms with Gasteiger partial charge >= 0.3 is 0 Å². The van der Waals surface area contributed by atoms with Crippen LogP contribution in [0.5, 0.6) is 0 Å². The fraction of sp³-hybridized carbons (Fsp3) is 0.588. The zero-order valence-corrected chi connectivity index (χ0v) is 16.0.